The minimum absolute atomic E-state index is 1.05. The van der Waals surface area contributed by atoms with Gasteiger partial charge in [-0.25, -0.2) is 0 Å². The molecule has 2 rings (SSSR count). The van der Waals surface area contributed by atoms with Crippen LogP contribution < -0.4 is 0 Å². The molecule has 0 unspecified atom stereocenters. The van der Waals surface area contributed by atoms with Crippen LogP contribution in [0.4, 0.5) is 0 Å². The van der Waals surface area contributed by atoms with Crippen LogP contribution in [0, 0.1) is 18.8 Å². The predicted octanol–water partition coefficient (Wildman–Crippen LogP) is 3.00. The summed E-state index contributed by atoms with van der Waals surface area (Å²) < 4.78 is 0. The van der Waals surface area contributed by atoms with Crippen LogP contribution in [-0.2, 0) is 0 Å². The molecule has 0 N–H and O–H groups in total. The number of pyridine rings is 1. The van der Waals surface area contributed by atoms with Crippen LogP contribution in [0.5, 0.6) is 0 Å². The van der Waals surface area contributed by atoms with Crippen LogP contribution in [-0.4, -0.2) is 4.98 Å². The number of aromatic nitrogens is 1. The van der Waals surface area contributed by atoms with Gasteiger partial charge in [0.15, 0.2) is 0 Å². The number of rotatable bonds is 1. The second kappa shape index (κ2) is 4.08. The van der Waals surface area contributed by atoms with E-state index in [4.69, 9.17) is 0 Å². The average Bonchev–Trinajstić information content (AvgIpc) is 2.68. The topological polar surface area (TPSA) is 12.9 Å². The first-order chi connectivity index (χ1) is 6.90. The van der Waals surface area contributed by atoms with Crippen LogP contribution >= 0.6 is 11.3 Å². The first-order valence-corrected chi connectivity index (χ1v) is 5.05. The fourth-order valence-electron chi connectivity index (χ4n) is 1.18. The van der Waals surface area contributed by atoms with Gasteiger partial charge in [-0.1, -0.05) is 11.8 Å². The molecule has 0 saturated heterocycles. The van der Waals surface area contributed by atoms with Gasteiger partial charge in [-0.15, -0.1) is 11.3 Å². The third-order valence-electron chi connectivity index (χ3n) is 1.82. The van der Waals surface area contributed by atoms with Gasteiger partial charge in [0, 0.05) is 19.3 Å². The molecule has 67 valence electrons. The van der Waals surface area contributed by atoms with Crippen molar-refractivity contribution in [2.45, 2.75) is 0 Å². The number of hydrogen-bond donors (Lipinski definition) is 0. The fourth-order valence-corrected chi connectivity index (χ4v) is 1.97. The molecule has 0 aromatic carbocycles. The van der Waals surface area contributed by atoms with Gasteiger partial charge in [0.2, 0.25) is 0 Å². The van der Waals surface area contributed by atoms with Gasteiger partial charge < -0.3 is 0 Å². The molecule has 0 fully saturated rings. The Morgan fingerprint density at radius 3 is 2.71 bits per heavy atom. The molecule has 0 aliphatic heterocycles. The zero-order valence-corrected chi connectivity index (χ0v) is 8.34. The Bertz CT molecular complexity index is 474. The van der Waals surface area contributed by atoms with Gasteiger partial charge in [-0.3, -0.25) is 4.98 Å². The normalized spacial score (nSPS) is 9.21. The smallest absolute Gasteiger partial charge is 0.0774 e. The van der Waals surface area contributed by atoms with Crippen molar-refractivity contribution in [3.8, 4) is 23.0 Å². The molecule has 2 heteroatoms. The monoisotopic (exact) mass is 198 g/mol. The van der Waals surface area contributed by atoms with E-state index in [0.29, 0.717) is 0 Å². The average molecular weight is 198 g/mol. The highest BCUT2D eigenvalue weighted by molar-refractivity contribution is 7.11. The highest BCUT2D eigenvalue weighted by atomic mass is 32.1. The van der Waals surface area contributed by atoms with Crippen LogP contribution in [0.1, 0.15) is 4.88 Å². The van der Waals surface area contributed by atoms with E-state index < -0.39 is 0 Å². The second-order valence-corrected chi connectivity index (χ2v) is 3.65. The van der Waals surface area contributed by atoms with Crippen LogP contribution in [0.3, 0.4) is 0 Å². The van der Waals surface area contributed by atoms with Gasteiger partial charge in [0.1, 0.15) is 0 Å². The summed E-state index contributed by atoms with van der Waals surface area (Å²) in [7, 11) is 0. The standard InChI is InChI=1S/C12H8NS/c1-2-3-12-8-11(9-14-12)10-4-6-13-7-5-10/h4-9H,1H2. The van der Waals surface area contributed by atoms with Crippen molar-refractivity contribution >= 4 is 11.3 Å². The van der Waals surface area contributed by atoms with E-state index in [9.17, 15) is 0 Å². The lowest BCUT2D eigenvalue weighted by Gasteiger charge is -1.93. The number of nitrogens with zero attached hydrogens (tertiary/aromatic N) is 1. The number of thiophene rings is 1. The Kier molecular flexibility index (Phi) is 2.62. The molecule has 0 aliphatic carbocycles. The van der Waals surface area contributed by atoms with Crippen molar-refractivity contribution in [1.29, 1.82) is 0 Å². The Hall–Kier alpha value is -1.59. The zero-order chi connectivity index (χ0) is 9.80. The summed E-state index contributed by atoms with van der Waals surface area (Å²) in [6, 6.07) is 6.05. The molecular weight excluding hydrogens is 190 g/mol. The molecule has 14 heavy (non-hydrogen) atoms. The van der Waals surface area contributed by atoms with Crippen LogP contribution in [0.2, 0.25) is 0 Å². The van der Waals surface area contributed by atoms with E-state index >= 15 is 0 Å². The first-order valence-electron chi connectivity index (χ1n) is 4.17. The Balaban J connectivity index is 2.37. The van der Waals surface area contributed by atoms with Gasteiger partial charge >= 0.3 is 0 Å². The quantitative estimate of drug-likeness (QED) is 0.642. The molecule has 0 spiro atoms. The van der Waals surface area contributed by atoms with E-state index in [1.54, 1.807) is 23.7 Å². The molecule has 2 aromatic heterocycles. The van der Waals surface area contributed by atoms with Crippen molar-refractivity contribution in [3.05, 3.63) is 47.8 Å². The van der Waals surface area contributed by atoms with Crippen LogP contribution in [0.25, 0.3) is 11.1 Å². The molecule has 0 amide bonds. The van der Waals surface area contributed by atoms with Gasteiger partial charge in [-0.2, -0.15) is 0 Å². The third-order valence-corrected chi connectivity index (χ3v) is 2.67. The van der Waals surface area contributed by atoms with Crippen molar-refractivity contribution in [2.24, 2.45) is 0 Å². The highest BCUT2D eigenvalue weighted by Crippen LogP contribution is 2.24. The van der Waals surface area contributed by atoms with Gasteiger partial charge in [-0.05, 0) is 34.7 Å². The molecule has 0 aliphatic rings. The van der Waals surface area contributed by atoms with Crippen molar-refractivity contribution in [1.82, 2.24) is 4.98 Å². The summed E-state index contributed by atoms with van der Waals surface area (Å²) in [6.07, 6.45) is 3.58. The maximum Gasteiger partial charge on any atom is 0.0774 e. The van der Waals surface area contributed by atoms with E-state index in [2.05, 4.69) is 35.2 Å². The summed E-state index contributed by atoms with van der Waals surface area (Å²) in [5.74, 6) is 5.59. The molecule has 0 saturated carbocycles. The van der Waals surface area contributed by atoms with Crippen molar-refractivity contribution in [3.63, 3.8) is 0 Å². The largest absolute Gasteiger partial charge is 0.265 e. The van der Waals surface area contributed by atoms with E-state index in [0.717, 1.165) is 4.88 Å². The molecule has 0 bridgehead atoms. The molecule has 1 nitrogen and oxygen atoms in total. The van der Waals surface area contributed by atoms with E-state index in [1.807, 2.05) is 12.1 Å². The maximum absolute atomic E-state index is 3.98. The lowest BCUT2D eigenvalue weighted by atomic mass is 10.1. The zero-order valence-electron chi connectivity index (χ0n) is 7.53. The molecule has 2 heterocycles. The number of hydrogen-bond acceptors (Lipinski definition) is 2. The second-order valence-electron chi connectivity index (χ2n) is 2.74. The maximum atomic E-state index is 3.98. The summed E-state index contributed by atoms with van der Waals surface area (Å²) in [6.45, 7) is 3.50. The van der Waals surface area contributed by atoms with E-state index in [-0.39, 0.29) is 0 Å². The Morgan fingerprint density at radius 2 is 2.00 bits per heavy atom. The van der Waals surface area contributed by atoms with Gasteiger partial charge in [0.25, 0.3) is 0 Å². The predicted molar refractivity (Wildman–Crippen MR) is 59.8 cm³/mol. The minimum Gasteiger partial charge on any atom is -0.265 e. The van der Waals surface area contributed by atoms with Gasteiger partial charge in [0.05, 0.1) is 4.88 Å². The third kappa shape index (κ3) is 1.84. The SMILES string of the molecule is [CH2]C#Cc1cc(-c2ccncc2)cs1. The summed E-state index contributed by atoms with van der Waals surface area (Å²) in [5, 5.41) is 2.09. The highest BCUT2D eigenvalue weighted by Gasteiger charge is 1.99. The first kappa shape index (κ1) is 8.98. The minimum atomic E-state index is 1.05. The molecular formula is C12H8NS. The molecule has 2 aromatic rings. The molecule has 0 atom stereocenters. The lowest BCUT2D eigenvalue weighted by Crippen LogP contribution is -1.73. The summed E-state index contributed by atoms with van der Waals surface area (Å²) >= 11 is 1.63. The fraction of sp³-hybridized carbons (Fsp3) is 0. The Morgan fingerprint density at radius 1 is 1.21 bits per heavy atom. The summed E-state index contributed by atoms with van der Waals surface area (Å²) in [5.41, 5.74) is 2.36. The Labute approximate surface area is 87.4 Å². The van der Waals surface area contributed by atoms with Crippen molar-refractivity contribution < 1.29 is 0 Å². The van der Waals surface area contributed by atoms with Crippen LogP contribution in [0.15, 0.2) is 36.0 Å². The summed E-state index contributed by atoms with van der Waals surface area (Å²) in [4.78, 5) is 5.03. The van der Waals surface area contributed by atoms with Crippen molar-refractivity contribution in [2.75, 3.05) is 0 Å². The van der Waals surface area contributed by atoms with E-state index in [1.165, 1.54) is 11.1 Å². The molecule has 1 radical (unpaired) electrons. The lowest BCUT2D eigenvalue weighted by molar-refractivity contribution is 1.33.